The molecule has 3 N–H and O–H groups in total. The predicted octanol–water partition coefficient (Wildman–Crippen LogP) is 4.42. The van der Waals surface area contributed by atoms with Crippen molar-refractivity contribution in [3.63, 3.8) is 0 Å². The lowest BCUT2D eigenvalue weighted by molar-refractivity contribution is 0.0917. The van der Waals surface area contributed by atoms with Crippen LogP contribution in [0.5, 0.6) is 0 Å². The Morgan fingerprint density at radius 1 is 0.895 bits per heavy atom. The summed E-state index contributed by atoms with van der Waals surface area (Å²) >= 11 is 0. The van der Waals surface area contributed by atoms with Crippen molar-refractivity contribution in [2.24, 2.45) is 0 Å². The fraction of sp³-hybridized carbons (Fsp3) is 0.393. The summed E-state index contributed by atoms with van der Waals surface area (Å²) in [6.07, 6.45) is 3.24. The van der Waals surface area contributed by atoms with Crippen molar-refractivity contribution in [1.29, 1.82) is 0 Å². The maximum atomic E-state index is 12.5. The van der Waals surface area contributed by atoms with E-state index in [0.717, 1.165) is 43.7 Å². The lowest BCUT2D eigenvalue weighted by atomic mass is 9.93. The molecule has 0 unspecified atom stereocenters. The van der Waals surface area contributed by atoms with Crippen LogP contribution < -0.4 is 20.9 Å². The molecule has 2 aromatic carbocycles. The zero-order valence-electron chi connectivity index (χ0n) is 21.7. The molecule has 5 rings (SSSR count). The molecule has 0 atom stereocenters. The number of ether oxygens (including phenoxy) is 1. The Hall–Kier alpha value is -4.05. The van der Waals surface area contributed by atoms with Gasteiger partial charge in [-0.05, 0) is 67.8 Å². The van der Waals surface area contributed by atoms with Gasteiger partial charge in [-0.3, -0.25) is 4.79 Å². The average Bonchev–Trinajstić information content (AvgIpc) is 2.91. The third-order valence-electron chi connectivity index (χ3n) is 6.70. The first-order valence-electron chi connectivity index (χ1n) is 13.1. The van der Waals surface area contributed by atoms with Gasteiger partial charge < -0.3 is 25.6 Å². The van der Waals surface area contributed by atoms with Crippen molar-refractivity contribution in [3.05, 3.63) is 59.9 Å². The van der Waals surface area contributed by atoms with E-state index in [1.54, 1.807) is 24.3 Å². The van der Waals surface area contributed by atoms with Crippen LogP contribution >= 0.6 is 0 Å². The van der Waals surface area contributed by atoms with Crippen LogP contribution in [0.3, 0.4) is 0 Å². The quantitative estimate of drug-likeness (QED) is 0.426. The number of hydrogen-bond acceptors (Lipinski definition) is 7. The molecule has 198 valence electrons. The number of amides is 3. The van der Waals surface area contributed by atoms with Crippen molar-refractivity contribution >= 4 is 29.3 Å². The van der Waals surface area contributed by atoms with Crippen molar-refractivity contribution in [1.82, 2.24) is 20.3 Å². The van der Waals surface area contributed by atoms with Crippen molar-refractivity contribution in [2.75, 3.05) is 41.8 Å². The zero-order chi connectivity index (χ0) is 26.5. The number of rotatable bonds is 7. The molecular weight excluding hydrogens is 482 g/mol. The standard InChI is InChI=1S/C28H33N7O3/c1-18(2)24-32-25(34-27(33-24)35-14-16-38-17-15-35)19-6-10-22(11-7-19)30-28(37)31-23-12-8-20(9-13-23)26(36)29-21-4-3-5-21/h6-13,18,21H,3-5,14-17H2,1-2H3,(H,29,36)(H2,30,31,37). The molecule has 1 saturated carbocycles. The molecule has 2 heterocycles. The van der Waals surface area contributed by atoms with Gasteiger partial charge in [0, 0.05) is 47.6 Å². The second-order valence-corrected chi connectivity index (χ2v) is 9.91. The van der Waals surface area contributed by atoms with Gasteiger partial charge >= 0.3 is 6.03 Å². The molecule has 0 bridgehead atoms. The van der Waals surface area contributed by atoms with Crippen molar-refractivity contribution in [3.8, 4) is 11.4 Å². The van der Waals surface area contributed by atoms with Crippen LogP contribution in [0.2, 0.25) is 0 Å². The van der Waals surface area contributed by atoms with E-state index in [4.69, 9.17) is 9.72 Å². The van der Waals surface area contributed by atoms with Crippen LogP contribution in [0.25, 0.3) is 11.4 Å². The highest BCUT2D eigenvalue weighted by molar-refractivity contribution is 6.00. The maximum absolute atomic E-state index is 12.5. The Morgan fingerprint density at radius 3 is 2.11 bits per heavy atom. The van der Waals surface area contributed by atoms with E-state index in [1.165, 1.54) is 0 Å². The normalized spacial score (nSPS) is 15.6. The molecule has 2 aliphatic rings. The third-order valence-corrected chi connectivity index (χ3v) is 6.70. The number of anilines is 3. The van der Waals surface area contributed by atoms with Gasteiger partial charge in [0.25, 0.3) is 5.91 Å². The first kappa shape index (κ1) is 25.6. The molecule has 2 fully saturated rings. The molecule has 1 saturated heterocycles. The van der Waals surface area contributed by atoms with Crippen molar-refractivity contribution in [2.45, 2.75) is 45.1 Å². The molecular formula is C28H33N7O3. The predicted molar refractivity (Wildman–Crippen MR) is 147 cm³/mol. The van der Waals surface area contributed by atoms with E-state index >= 15 is 0 Å². The molecule has 10 nitrogen and oxygen atoms in total. The second kappa shape index (κ2) is 11.6. The number of hydrogen-bond donors (Lipinski definition) is 3. The van der Waals surface area contributed by atoms with E-state index in [2.05, 4.69) is 44.7 Å². The summed E-state index contributed by atoms with van der Waals surface area (Å²) in [6.45, 7) is 6.92. The first-order chi connectivity index (χ1) is 18.4. The number of aromatic nitrogens is 3. The van der Waals surface area contributed by atoms with Crippen LogP contribution in [-0.4, -0.2) is 59.2 Å². The summed E-state index contributed by atoms with van der Waals surface area (Å²) in [5.74, 6) is 2.08. The van der Waals surface area contributed by atoms with Crippen LogP contribution in [0, 0.1) is 0 Å². The third kappa shape index (κ3) is 6.25. The summed E-state index contributed by atoms with van der Waals surface area (Å²) in [5, 5.41) is 8.65. The molecule has 3 amide bonds. The highest BCUT2D eigenvalue weighted by Gasteiger charge is 2.20. The second-order valence-electron chi connectivity index (χ2n) is 9.91. The van der Waals surface area contributed by atoms with Gasteiger partial charge in [-0.2, -0.15) is 9.97 Å². The first-order valence-corrected chi connectivity index (χ1v) is 13.1. The minimum Gasteiger partial charge on any atom is -0.378 e. The highest BCUT2D eigenvalue weighted by Crippen LogP contribution is 2.23. The SMILES string of the molecule is CC(C)c1nc(-c2ccc(NC(=O)Nc3ccc(C(=O)NC4CCC4)cc3)cc2)nc(N2CCOCC2)n1. The summed E-state index contributed by atoms with van der Waals surface area (Å²) < 4.78 is 5.46. The highest BCUT2D eigenvalue weighted by atomic mass is 16.5. The Balaban J connectivity index is 1.21. The largest absolute Gasteiger partial charge is 0.378 e. The average molecular weight is 516 g/mol. The molecule has 1 aromatic heterocycles. The van der Waals surface area contributed by atoms with Crippen LogP contribution in [0.1, 0.15) is 55.2 Å². The van der Waals surface area contributed by atoms with E-state index in [1.807, 2.05) is 24.3 Å². The zero-order valence-corrected chi connectivity index (χ0v) is 21.7. The summed E-state index contributed by atoms with van der Waals surface area (Å²) in [7, 11) is 0. The number of morpholine rings is 1. The Kier molecular flexibility index (Phi) is 7.78. The minimum atomic E-state index is -0.374. The van der Waals surface area contributed by atoms with Gasteiger partial charge in [-0.1, -0.05) is 13.8 Å². The molecule has 0 radical (unpaired) electrons. The molecule has 0 spiro atoms. The van der Waals surface area contributed by atoms with Crippen LogP contribution in [-0.2, 0) is 4.74 Å². The Bertz CT molecular complexity index is 1270. The van der Waals surface area contributed by atoms with Gasteiger partial charge in [-0.25, -0.2) is 9.78 Å². The summed E-state index contributed by atoms with van der Waals surface area (Å²) in [4.78, 5) is 41.0. The fourth-order valence-electron chi connectivity index (χ4n) is 4.20. The minimum absolute atomic E-state index is 0.0819. The molecule has 38 heavy (non-hydrogen) atoms. The summed E-state index contributed by atoms with van der Waals surface area (Å²) in [5.41, 5.74) is 2.65. The maximum Gasteiger partial charge on any atom is 0.323 e. The molecule has 10 heteroatoms. The molecule has 3 aromatic rings. The fourth-order valence-corrected chi connectivity index (χ4v) is 4.20. The van der Waals surface area contributed by atoms with Gasteiger partial charge in [0.1, 0.15) is 5.82 Å². The Labute approximate surface area is 222 Å². The van der Waals surface area contributed by atoms with Crippen molar-refractivity contribution < 1.29 is 14.3 Å². The van der Waals surface area contributed by atoms with Crippen LogP contribution in [0.4, 0.5) is 22.1 Å². The number of benzene rings is 2. The van der Waals surface area contributed by atoms with E-state index in [9.17, 15) is 9.59 Å². The number of nitrogens with zero attached hydrogens (tertiary/aromatic N) is 4. The number of carbonyl (C=O) groups is 2. The molecule has 1 aliphatic carbocycles. The van der Waals surface area contributed by atoms with Gasteiger partial charge in [0.2, 0.25) is 5.95 Å². The van der Waals surface area contributed by atoms with Gasteiger partial charge in [0.15, 0.2) is 5.82 Å². The van der Waals surface area contributed by atoms with Crippen LogP contribution in [0.15, 0.2) is 48.5 Å². The number of carbonyl (C=O) groups excluding carboxylic acids is 2. The van der Waals surface area contributed by atoms with E-state index in [-0.39, 0.29) is 23.9 Å². The number of nitrogens with one attached hydrogen (secondary N) is 3. The number of urea groups is 1. The smallest absolute Gasteiger partial charge is 0.323 e. The monoisotopic (exact) mass is 515 g/mol. The van der Waals surface area contributed by atoms with E-state index < -0.39 is 0 Å². The van der Waals surface area contributed by atoms with Gasteiger partial charge in [-0.15, -0.1) is 0 Å². The summed E-state index contributed by atoms with van der Waals surface area (Å²) in [6, 6.07) is 14.2. The topological polar surface area (TPSA) is 121 Å². The lowest BCUT2D eigenvalue weighted by Crippen LogP contribution is -2.39. The van der Waals surface area contributed by atoms with Gasteiger partial charge in [0.05, 0.1) is 13.2 Å². The lowest BCUT2D eigenvalue weighted by Gasteiger charge is -2.27. The van der Waals surface area contributed by atoms with E-state index in [0.29, 0.717) is 41.9 Å². The molecule has 1 aliphatic heterocycles. The Morgan fingerprint density at radius 2 is 1.53 bits per heavy atom.